The molecule has 0 spiro atoms. The van der Waals surface area contributed by atoms with Crippen molar-refractivity contribution in [1.82, 2.24) is 20.5 Å². The molecule has 18 heteroatoms. The van der Waals surface area contributed by atoms with Crippen molar-refractivity contribution in [1.29, 1.82) is 0 Å². The van der Waals surface area contributed by atoms with E-state index in [0.29, 0.717) is 25.8 Å². The van der Waals surface area contributed by atoms with Gasteiger partial charge in [0.15, 0.2) is 17.9 Å². The quantitative estimate of drug-likeness (QED) is 0.0221. The van der Waals surface area contributed by atoms with Crippen molar-refractivity contribution < 1.29 is 23.9 Å². The number of hydrogen-bond acceptors (Lipinski definition) is 8. The Morgan fingerprint density at radius 3 is 1.77 bits per heavy atom. The minimum atomic E-state index is -1.13. The zero-order chi connectivity index (χ0) is 42.3. The Balaban J connectivity index is 2.32. The van der Waals surface area contributed by atoms with Crippen molar-refractivity contribution in [3.05, 3.63) is 59.3 Å². The number of rotatable bonds is 25. The van der Waals surface area contributed by atoms with Crippen LogP contribution in [0, 0.1) is 0 Å². The first-order valence-electron chi connectivity index (χ1n) is 19.1. The van der Waals surface area contributed by atoms with Crippen molar-refractivity contribution in [2.75, 3.05) is 26.7 Å². The average molecular weight is 794 g/mol. The van der Waals surface area contributed by atoms with Crippen LogP contribution in [0.4, 0.5) is 0 Å². The second-order valence-electron chi connectivity index (χ2n) is 14.0. The molecule has 1 aromatic carbocycles. The molecule has 0 radical (unpaired) electrons. The molecular formula is C39H63N13O5. The average Bonchev–Trinajstić information content (AvgIpc) is 3.50. The fourth-order valence-corrected chi connectivity index (χ4v) is 5.96. The van der Waals surface area contributed by atoms with Crippen LogP contribution in [-0.4, -0.2) is 91.0 Å². The smallest absolute Gasteiger partial charge is 0.328 e. The molecular weight excluding hydrogens is 731 g/mol. The maximum atomic E-state index is 13.9. The predicted molar refractivity (Wildman–Crippen MR) is 226 cm³/mol. The Hall–Kier alpha value is -6.07. The maximum Gasteiger partial charge on any atom is 0.328 e. The van der Waals surface area contributed by atoms with Crippen LogP contribution in [0.2, 0.25) is 0 Å². The molecule has 1 aromatic heterocycles. The molecule has 0 fully saturated rings. The van der Waals surface area contributed by atoms with Crippen molar-refractivity contribution in [2.24, 2.45) is 49.4 Å². The Morgan fingerprint density at radius 2 is 1.25 bits per heavy atom. The van der Waals surface area contributed by atoms with E-state index in [0.717, 1.165) is 29.3 Å². The molecule has 3 amide bonds. The molecule has 0 aliphatic heterocycles. The number of ether oxygens (including phenoxy) is 1. The SMILES string of the molecule is COC(=O)[C@H](CCCN=C(N)N)NC(=O)[C@H](CCCN=C(N)N)NC(=O)[C@H](CCCN=C(N)N)NC(=O)Cc1cn(C/C=C(\C)CCC=C(C)C)c2ccccc12. The first kappa shape index (κ1) is 47.1. The summed E-state index contributed by atoms with van der Waals surface area (Å²) >= 11 is 0. The summed E-state index contributed by atoms with van der Waals surface area (Å²) in [4.78, 5) is 65.8. The van der Waals surface area contributed by atoms with Gasteiger partial charge in [-0.2, -0.15) is 0 Å². The number of nitrogens with one attached hydrogen (secondary N) is 3. The van der Waals surface area contributed by atoms with Crippen LogP contribution in [0.5, 0.6) is 0 Å². The summed E-state index contributed by atoms with van der Waals surface area (Å²) in [5.74, 6) is -2.68. The van der Waals surface area contributed by atoms with E-state index in [4.69, 9.17) is 39.1 Å². The lowest BCUT2D eigenvalue weighted by Crippen LogP contribution is -2.56. The maximum absolute atomic E-state index is 13.9. The number of guanidine groups is 3. The largest absolute Gasteiger partial charge is 0.467 e. The van der Waals surface area contributed by atoms with Crippen LogP contribution < -0.4 is 50.4 Å². The number of esters is 1. The van der Waals surface area contributed by atoms with Crippen LogP contribution >= 0.6 is 0 Å². The number of fused-ring (bicyclic) bond motifs is 1. The van der Waals surface area contributed by atoms with Crippen LogP contribution in [0.1, 0.15) is 77.7 Å². The summed E-state index contributed by atoms with van der Waals surface area (Å²) in [5, 5.41) is 9.23. The van der Waals surface area contributed by atoms with Gasteiger partial charge in [0, 0.05) is 43.3 Å². The highest BCUT2D eigenvalue weighted by molar-refractivity contribution is 5.95. The number of methoxy groups -OCH3 is 1. The second-order valence-corrected chi connectivity index (χ2v) is 14.0. The summed E-state index contributed by atoms with van der Waals surface area (Å²) in [7, 11) is 1.20. The van der Waals surface area contributed by atoms with Gasteiger partial charge in [0.2, 0.25) is 17.7 Å². The molecule has 314 valence electrons. The molecule has 0 saturated heterocycles. The fourth-order valence-electron chi connectivity index (χ4n) is 5.96. The zero-order valence-electron chi connectivity index (χ0n) is 33.8. The van der Waals surface area contributed by atoms with Gasteiger partial charge in [-0.1, -0.05) is 41.5 Å². The van der Waals surface area contributed by atoms with E-state index < -0.39 is 41.8 Å². The minimum Gasteiger partial charge on any atom is -0.467 e. The van der Waals surface area contributed by atoms with Gasteiger partial charge < -0.3 is 59.7 Å². The number of allylic oxidation sites excluding steroid dienone is 4. The normalized spacial score (nSPS) is 12.7. The number of aromatic nitrogens is 1. The molecule has 2 rings (SSSR count). The summed E-state index contributed by atoms with van der Waals surface area (Å²) in [6, 6.07) is 4.61. The number of aliphatic imine (C=N–C) groups is 3. The second kappa shape index (κ2) is 25.2. The molecule has 0 unspecified atom stereocenters. The van der Waals surface area contributed by atoms with E-state index >= 15 is 0 Å². The summed E-state index contributed by atoms with van der Waals surface area (Å²) in [6.45, 7) is 7.54. The number of benzene rings is 1. The van der Waals surface area contributed by atoms with E-state index in [1.54, 1.807) is 0 Å². The summed E-state index contributed by atoms with van der Waals surface area (Å²) in [6.07, 6.45) is 9.73. The van der Waals surface area contributed by atoms with Gasteiger partial charge in [0.1, 0.15) is 18.1 Å². The molecule has 18 nitrogen and oxygen atoms in total. The van der Waals surface area contributed by atoms with Gasteiger partial charge in [0.05, 0.1) is 13.5 Å². The number of hydrogen-bond donors (Lipinski definition) is 9. The van der Waals surface area contributed by atoms with Crippen molar-refractivity contribution >= 4 is 52.5 Å². The van der Waals surface area contributed by atoms with E-state index in [1.165, 1.54) is 18.3 Å². The van der Waals surface area contributed by atoms with Crippen LogP contribution in [0.3, 0.4) is 0 Å². The van der Waals surface area contributed by atoms with Gasteiger partial charge in [-0.05, 0) is 83.8 Å². The molecule has 15 N–H and O–H groups in total. The topological polar surface area (TPSA) is 312 Å². The number of nitrogens with two attached hydrogens (primary N) is 6. The highest BCUT2D eigenvalue weighted by Crippen LogP contribution is 2.23. The van der Waals surface area contributed by atoms with E-state index in [2.05, 4.69) is 68.4 Å². The fraction of sp³-hybridized carbons (Fsp3) is 0.513. The predicted octanol–water partition coefficient (Wildman–Crippen LogP) is 0.665. The highest BCUT2D eigenvalue weighted by Gasteiger charge is 2.30. The van der Waals surface area contributed by atoms with E-state index in [9.17, 15) is 19.2 Å². The van der Waals surface area contributed by atoms with Crippen molar-refractivity contribution in [2.45, 2.75) is 103 Å². The summed E-state index contributed by atoms with van der Waals surface area (Å²) in [5.41, 5.74) is 37.1. The molecule has 0 bridgehead atoms. The first-order chi connectivity index (χ1) is 27.1. The Labute approximate surface area is 335 Å². The van der Waals surface area contributed by atoms with Gasteiger partial charge in [-0.25, -0.2) is 4.79 Å². The van der Waals surface area contributed by atoms with E-state index in [-0.39, 0.29) is 63.2 Å². The first-order valence-corrected chi connectivity index (χ1v) is 19.1. The molecule has 0 aliphatic rings. The number of amides is 3. The van der Waals surface area contributed by atoms with Crippen molar-refractivity contribution in [3.63, 3.8) is 0 Å². The molecule has 3 atom stereocenters. The molecule has 2 aromatic rings. The number of carbonyl (C=O) groups excluding carboxylic acids is 4. The minimum absolute atomic E-state index is 0.00243. The lowest BCUT2D eigenvalue weighted by atomic mass is 10.1. The Morgan fingerprint density at radius 1 is 0.737 bits per heavy atom. The molecule has 0 aliphatic carbocycles. The monoisotopic (exact) mass is 794 g/mol. The van der Waals surface area contributed by atoms with Gasteiger partial charge in [-0.15, -0.1) is 0 Å². The Bertz CT molecular complexity index is 1780. The number of nitrogens with zero attached hydrogens (tertiary/aromatic N) is 4. The van der Waals surface area contributed by atoms with Crippen molar-refractivity contribution in [3.8, 4) is 0 Å². The third kappa shape index (κ3) is 18.4. The van der Waals surface area contributed by atoms with Gasteiger partial charge in [0.25, 0.3) is 0 Å². The van der Waals surface area contributed by atoms with Crippen LogP contribution in [-0.2, 0) is 36.9 Å². The number of para-hydroxylation sites is 1. The van der Waals surface area contributed by atoms with E-state index in [1.807, 2.05) is 30.5 Å². The van der Waals surface area contributed by atoms with Crippen LogP contribution in [0.15, 0.2) is 68.7 Å². The lowest BCUT2D eigenvalue weighted by molar-refractivity contribution is -0.145. The third-order valence-corrected chi connectivity index (χ3v) is 8.87. The standard InChI is InChI=1S/C39H63N13O5/c1-25(2)11-7-12-26(3)18-22-52-24-27(28-13-5-6-17-32(28)52)23-33(53)49-29(14-8-19-46-37(40)41)34(54)50-30(15-9-20-47-38(42)43)35(55)51-31(36(56)57-4)16-10-21-48-39(44)45/h5-6,11,13,17-18,24,29-31H,7-10,12,14-16,19-23H2,1-4H3,(H,49,53)(H,50,54)(H,51,55)(H4,40,41,46)(H4,42,43,47)(H4,44,45,48)/b26-18+/t29-,30-,31-/m0/s1. The van der Waals surface area contributed by atoms with Gasteiger partial charge in [-0.3, -0.25) is 29.4 Å². The molecule has 1 heterocycles. The third-order valence-electron chi connectivity index (χ3n) is 8.87. The zero-order valence-corrected chi connectivity index (χ0v) is 33.8. The number of carbonyl (C=O) groups is 4. The highest BCUT2D eigenvalue weighted by atomic mass is 16.5. The van der Waals surface area contributed by atoms with Crippen LogP contribution in [0.25, 0.3) is 10.9 Å². The molecule has 57 heavy (non-hydrogen) atoms. The summed E-state index contributed by atoms with van der Waals surface area (Å²) < 4.78 is 7.01. The lowest BCUT2D eigenvalue weighted by Gasteiger charge is -2.25. The van der Waals surface area contributed by atoms with Gasteiger partial charge >= 0.3 is 5.97 Å². The Kier molecular flexibility index (Phi) is 20.8. The molecule has 0 saturated carbocycles.